The van der Waals surface area contributed by atoms with Crippen LogP contribution in [0.4, 0.5) is 17.1 Å². The summed E-state index contributed by atoms with van der Waals surface area (Å²) in [6, 6.07) is 4.19. The van der Waals surface area contributed by atoms with Crippen LogP contribution in [-0.4, -0.2) is 40.9 Å². The summed E-state index contributed by atoms with van der Waals surface area (Å²) in [7, 11) is 0. The van der Waals surface area contributed by atoms with Crippen molar-refractivity contribution >= 4 is 17.1 Å². The molecule has 0 fully saturated rings. The molecule has 7 heteroatoms. The minimum Gasteiger partial charge on any atom is -0.394 e. The summed E-state index contributed by atoms with van der Waals surface area (Å²) in [6.45, 7) is 1.79. The summed E-state index contributed by atoms with van der Waals surface area (Å²) in [5.41, 5.74) is 0.583. The molecule has 0 heterocycles. The number of hydrogen-bond donors (Lipinski definition) is 4. The number of nitrogens with one attached hydrogen (secondary N) is 2. The van der Waals surface area contributed by atoms with Gasteiger partial charge >= 0.3 is 5.69 Å². The summed E-state index contributed by atoms with van der Waals surface area (Å²) in [6.07, 6.45) is 0. The monoisotopic (exact) mass is 255 g/mol. The summed E-state index contributed by atoms with van der Waals surface area (Å²) in [4.78, 5) is 10.6. The number of anilines is 2. The number of para-hydroxylation sites is 1. The predicted octanol–water partition coefficient (Wildman–Crippen LogP) is 0.792. The third kappa shape index (κ3) is 3.31. The van der Waals surface area contributed by atoms with Gasteiger partial charge < -0.3 is 20.8 Å². The number of nitro benzene ring substituents is 1. The van der Waals surface area contributed by atoms with Gasteiger partial charge in [0.25, 0.3) is 0 Å². The number of nitrogens with zero attached hydrogens (tertiary/aromatic N) is 1. The summed E-state index contributed by atoms with van der Waals surface area (Å²) >= 11 is 0. The van der Waals surface area contributed by atoms with Gasteiger partial charge in [0, 0.05) is 6.54 Å². The Balaban J connectivity index is 3.09. The molecule has 0 radical (unpaired) electrons. The first-order valence-electron chi connectivity index (χ1n) is 5.63. The van der Waals surface area contributed by atoms with E-state index < -0.39 is 11.0 Å². The van der Waals surface area contributed by atoms with Crippen LogP contribution in [0, 0.1) is 10.1 Å². The largest absolute Gasteiger partial charge is 0.394 e. The van der Waals surface area contributed by atoms with E-state index in [1.165, 1.54) is 6.07 Å². The molecule has 1 rings (SSSR count). The van der Waals surface area contributed by atoms with E-state index in [1.807, 2.05) is 6.92 Å². The van der Waals surface area contributed by atoms with Crippen molar-refractivity contribution in [3.05, 3.63) is 28.3 Å². The van der Waals surface area contributed by atoms with Crippen LogP contribution in [0.25, 0.3) is 0 Å². The summed E-state index contributed by atoms with van der Waals surface area (Å²) in [5.74, 6) is 0. The van der Waals surface area contributed by atoms with Gasteiger partial charge in [0.15, 0.2) is 0 Å². The number of benzene rings is 1. The van der Waals surface area contributed by atoms with Crippen molar-refractivity contribution in [1.82, 2.24) is 0 Å². The van der Waals surface area contributed by atoms with Gasteiger partial charge in [-0.05, 0) is 19.1 Å². The normalized spacial score (nSPS) is 10.4. The van der Waals surface area contributed by atoms with Crippen molar-refractivity contribution in [2.75, 3.05) is 30.4 Å². The number of aliphatic hydroxyl groups excluding tert-OH is 2. The second-order valence-electron chi connectivity index (χ2n) is 3.70. The Kier molecular flexibility index (Phi) is 5.34. The lowest BCUT2D eigenvalue weighted by atomic mass is 10.2. The van der Waals surface area contributed by atoms with E-state index in [0.717, 1.165) is 0 Å². The summed E-state index contributed by atoms with van der Waals surface area (Å²) < 4.78 is 0. The third-order valence-electron chi connectivity index (χ3n) is 2.39. The first-order valence-corrected chi connectivity index (χ1v) is 5.63. The first kappa shape index (κ1) is 14.2. The lowest BCUT2D eigenvalue weighted by molar-refractivity contribution is -0.383. The third-order valence-corrected chi connectivity index (χ3v) is 2.39. The van der Waals surface area contributed by atoms with Crippen LogP contribution in [0.1, 0.15) is 6.92 Å². The Morgan fingerprint density at radius 2 is 1.94 bits per heavy atom. The Hall–Kier alpha value is -1.86. The zero-order chi connectivity index (χ0) is 13.5. The number of rotatable bonds is 7. The smallest absolute Gasteiger partial charge is 0.315 e. The molecule has 0 saturated carbocycles. The van der Waals surface area contributed by atoms with Crippen LogP contribution in [0.5, 0.6) is 0 Å². The Morgan fingerprint density at radius 1 is 1.33 bits per heavy atom. The van der Waals surface area contributed by atoms with Crippen LogP contribution >= 0.6 is 0 Å². The summed E-state index contributed by atoms with van der Waals surface area (Å²) in [5, 5.41) is 34.7. The van der Waals surface area contributed by atoms with Crippen molar-refractivity contribution in [2.24, 2.45) is 0 Å². The van der Waals surface area contributed by atoms with Gasteiger partial charge in [0.1, 0.15) is 11.4 Å². The fraction of sp³-hybridized carbons (Fsp3) is 0.455. The number of aliphatic hydroxyl groups is 2. The Bertz CT molecular complexity index is 407. The maximum Gasteiger partial charge on any atom is 0.315 e. The zero-order valence-electron chi connectivity index (χ0n) is 10.1. The second-order valence-corrected chi connectivity index (χ2v) is 3.70. The van der Waals surface area contributed by atoms with Gasteiger partial charge in [-0.1, -0.05) is 6.07 Å². The molecule has 0 aliphatic rings. The van der Waals surface area contributed by atoms with E-state index >= 15 is 0 Å². The topological polar surface area (TPSA) is 108 Å². The number of nitro groups is 1. The fourth-order valence-corrected chi connectivity index (χ4v) is 1.56. The average Bonchev–Trinajstić information content (AvgIpc) is 2.36. The lowest BCUT2D eigenvalue weighted by Crippen LogP contribution is -2.28. The molecule has 18 heavy (non-hydrogen) atoms. The van der Waals surface area contributed by atoms with Gasteiger partial charge in [-0.15, -0.1) is 0 Å². The maximum absolute atomic E-state index is 11.1. The molecule has 1 aromatic carbocycles. The quantitative estimate of drug-likeness (QED) is 0.424. The zero-order valence-corrected chi connectivity index (χ0v) is 10.1. The molecule has 0 amide bonds. The lowest BCUT2D eigenvalue weighted by Gasteiger charge is -2.16. The van der Waals surface area contributed by atoms with E-state index in [1.54, 1.807) is 12.1 Å². The molecule has 0 saturated heterocycles. The molecule has 0 unspecified atom stereocenters. The second kappa shape index (κ2) is 6.77. The molecular formula is C11H17N3O4. The molecule has 1 aromatic rings. The minimum atomic E-state index is -0.624. The van der Waals surface area contributed by atoms with Gasteiger partial charge in [-0.2, -0.15) is 0 Å². The molecule has 0 aliphatic carbocycles. The highest BCUT2D eigenvalue weighted by atomic mass is 16.6. The van der Waals surface area contributed by atoms with Crippen LogP contribution in [-0.2, 0) is 0 Å². The van der Waals surface area contributed by atoms with Crippen LogP contribution in [0.3, 0.4) is 0 Å². The van der Waals surface area contributed by atoms with Gasteiger partial charge in [0.2, 0.25) is 0 Å². The van der Waals surface area contributed by atoms with Crippen molar-refractivity contribution in [3.63, 3.8) is 0 Å². The van der Waals surface area contributed by atoms with Crippen LogP contribution in [0.2, 0.25) is 0 Å². The van der Waals surface area contributed by atoms with E-state index in [2.05, 4.69) is 10.6 Å². The van der Waals surface area contributed by atoms with Crippen molar-refractivity contribution in [2.45, 2.75) is 13.0 Å². The minimum absolute atomic E-state index is 0.0914. The molecule has 4 N–H and O–H groups in total. The molecule has 0 spiro atoms. The maximum atomic E-state index is 11.1. The average molecular weight is 255 g/mol. The molecular weight excluding hydrogens is 238 g/mol. The predicted molar refractivity (Wildman–Crippen MR) is 68.8 cm³/mol. The van der Waals surface area contributed by atoms with Gasteiger partial charge in [-0.25, -0.2) is 0 Å². The molecule has 0 atom stereocenters. The van der Waals surface area contributed by atoms with Crippen molar-refractivity contribution in [1.29, 1.82) is 0 Å². The molecule has 7 nitrogen and oxygen atoms in total. The standard InChI is InChI=1S/C11H17N3O4/c1-2-12-9-4-3-5-10(11(9)14(17)18)13-8(6-15)7-16/h3-5,8,12-13,15-16H,2,6-7H2,1H3. The van der Waals surface area contributed by atoms with Crippen molar-refractivity contribution < 1.29 is 15.1 Å². The highest BCUT2D eigenvalue weighted by molar-refractivity contribution is 5.76. The van der Waals surface area contributed by atoms with E-state index in [-0.39, 0.29) is 24.6 Å². The molecule has 0 aromatic heterocycles. The van der Waals surface area contributed by atoms with Crippen LogP contribution < -0.4 is 10.6 Å². The molecule has 0 bridgehead atoms. The number of hydrogen-bond acceptors (Lipinski definition) is 6. The van der Waals surface area contributed by atoms with E-state index in [0.29, 0.717) is 12.2 Å². The molecule has 100 valence electrons. The SMILES string of the molecule is CCNc1cccc(NC(CO)CO)c1[N+](=O)[O-]. The highest BCUT2D eigenvalue weighted by Crippen LogP contribution is 2.33. The van der Waals surface area contributed by atoms with E-state index in [9.17, 15) is 10.1 Å². The first-order chi connectivity index (χ1) is 8.63. The van der Waals surface area contributed by atoms with E-state index in [4.69, 9.17) is 10.2 Å². The fourth-order valence-electron chi connectivity index (χ4n) is 1.56. The van der Waals surface area contributed by atoms with Crippen molar-refractivity contribution in [3.8, 4) is 0 Å². The van der Waals surface area contributed by atoms with Crippen LogP contribution in [0.15, 0.2) is 18.2 Å². The highest BCUT2D eigenvalue weighted by Gasteiger charge is 2.20. The Morgan fingerprint density at radius 3 is 2.44 bits per heavy atom. The Labute approximate surface area is 105 Å². The van der Waals surface area contributed by atoms with Gasteiger partial charge in [-0.3, -0.25) is 10.1 Å². The molecule has 0 aliphatic heterocycles. The van der Waals surface area contributed by atoms with Gasteiger partial charge in [0.05, 0.1) is 24.2 Å².